The molecule has 1 saturated heterocycles. The largest absolute Gasteiger partial charge is 0.379 e. The Morgan fingerprint density at radius 3 is 2.95 bits per heavy atom. The molecule has 1 fully saturated rings. The minimum absolute atomic E-state index is 0.0850. The number of amides is 1. The van der Waals surface area contributed by atoms with Crippen LogP contribution in [0.4, 0.5) is 0 Å². The van der Waals surface area contributed by atoms with Crippen LogP contribution in [0, 0.1) is 0 Å². The molecular weight excluding hydrogens is 276 g/mol. The van der Waals surface area contributed by atoms with E-state index in [-0.39, 0.29) is 5.91 Å². The van der Waals surface area contributed by atoms with E-state index >= 15 is 0 Å². The molecule has 0 aromatic heterocycles. The Hall–Kier alpha value is -1.36. The van der Waals surface area contributed by atoms with Crippen molar-refractivity contribution in [1.29, 1.82) is 0 Å². The molecule has 0 radical (unpaired) electrons. The maximum Gasteiger partial charge on any atom is 0.244 e. The lowest BCUT2D eigenvalue weighted by Crippen LogP contribution is -2.41. The van der Waals surface area contributed by atoms with E-state index in [0.717, 1.165) is 38.4 Å². The van der Waals surface area contributed by atoms with Crippen molar-refractivity contribution in [3.63, 3.8) is 0 Å². The summed E-state index contributed by atoms with van der Waals surface area (Å²) in [6.07, 6.45) is 3.29. The fourth-order valence-corrected chi connectivity index (χ4v) is 2.20. The molecule has 0 atom stereocenters. The van der Waals surface area contributed by atoms with Crippen molar-refractivity contribution in [1.82, 2.24) is 10.2 Å². The average molecular weight is 295 g/mol. The van der Waals surface area contributed by atoms with E-state index in [1.54, 1.807) is 12.1 Å². The van der Waals surface area contributed by atoms with E-state index in [4.69, 9.17) is 16.3 Å². The van der Waals surface area contributed by atoms with E-state index in [0.29, 0.717) is 11.6 Å². The molecule has 1 aromatic rings. The Balaban J connectivity index is 1.69. The van der Waals surface area contributed by atoms with Gasteiger partial charge in [-0.1, -0.05) is 23.7 Å². The van der Waals surface area contributed by atoms with Crippen LogP contribution < -0.4 is 5.32 Å². The number of hydrogen-bond donors (Lipinski definition) is 1. The number of halogens is 1. The summed E-state index contributed by atoms with van der Waals surface area (Å²) in [6, 6.07) is 7.39. The Morgan fingerprint density at radius 1 is 1.40 bits per heavy atom. The van der Waals surface area contributed by atoms with Crippen molar-refractivity contribution >= 4 is 23.6 Å². The summed E-state index contributed by atoms with van der Waals surface area (Å²) in [5.74, 6) is -0.0850. The molecular formula is C15H19ClN2O2. The maximum absolute atomic E-state index is 11.7. The molecule has 1 N–H and O–H groups in total. The van der Waals surface area contributed by atoms with Crippen LogP contribution in [0.3, 0.4) is 0 Å². The van der Waals surface area contributed by atoms with Crippen LogP contribution in [0.15, 0.2) is 30.3 Å². The van der Waals surface area contributed by atoms with Gasteiger partial charge < -0.3 is 10.1 Å². The van der Waals surface area contributed by atoms with Gasteiger partial charge in [-0.05, 0) is 23.8 Å². The molecule has 0 unspecified atom stereocenters. The molecule has 1 amide bonds. The summed E-state index contributed by atoms with van der Waals surface area (Å²) in [4.78, 5) is 14.0. The normalized spacial score (nSPS) is 16.4. The number of ether oxygens (including phenoxy) is 1. The highest BCUT2D eigenvalue weighted by Gasteiger charge is 2.09. The van der Waals surface area contributed by atoms with Crippen LogP contribution in [0.5, 0.6) is 0 Å². The highest BCUT2D eigenvalue weighted by molar-refractivity contribution is 6.30. The molecule has 1 aliphatic rings. The van der Waals surface area contributed by atoms with Gasteiger partial charge in [0, 0.05) is 37.3 Å². The van der Waals surface area contributed by atoms with E-state index in [1.165, 1.54) is 6.08 Å². The minimum Gasteiger partial charge on any atom is -0.379 e. The van der Waals surface area contributed by atoms with Crippen LogP contribution in [0.2, 0.25) is 5.02 Å². The summed E-state index contributed by atoms with van der Waals surface area (Å²) in [5, 5.41) is 3.54. The number of nitrogens with one attached hydrogen (secondary N) is 1. The molecule has 5 heteroatoms. The Bertz CT molecular complexity index is 471. The molecule has 0 saturated carbocycles. The lowest BCUT2D eigenvalue weighted by molar-refractivity contribution is -0.116. The second-order valence-electron chi connectivity index (χ2n) is 4.63. The summed E-state index contributed by atoms with van der Waals surface area (Å²) in [7, 11) is 0. The van der Waals surface area contributed by atoms with Crippen molar-refractivity contribution in [2.45, 2.75) is 0 Å². The molecule has 4 nitrogen and oxygen atoms in total. The number of benzene rings is 1. The van der Waals surface area contributed by atoms with E-state index in [9.17, 15) is 4.79 Å². The van der Waals surface area contributed by atoms with Gasteiger partial charge in [-0.25, -0.2) is 0 Å². The Kier molecular flexibility index (Phi) is 6.05. The summed E-state index contributed by atoms with van der Waals surface area (Å²) >= 11 is 5.88. The van der Waals surface area contributed by atoms with Crippen LogP contribution in [0.25, 0.3) is 6.08 Å². The second kappa shape index (κ2) is 8.04. The van der Waals surface area contributed by atoms with E-state index < -0.39 is 0 Å². The van der Waals surface area contributed by atoms with Gasteiger partial charge in [0.15, 0.2) is 0 Å². The fraction of sp³-hybridized carbons (Fsp3) is 0.400. The first-order valence-electron chi connectivity index (χ1n) is 6.75. The van der Waals surface area contributed by atoms with Crippen molar-refractivity contribution in [3.05, 3.63) is 40.9 Å². The molecule has 0 bridgehead atoms. The Labute approximate surface area is 124 Å². The topological polar surface area (TPSA) is 41.6 Å². The van der Waals surface area contributed by atoms with Crippen LogP contribution in [0.1, 0.15) is 5.56 Å². The molecule has 108 valence electrons. The van der Waals surface area contributed by atoms with Crippen LogP contribution in [-0.2, 0) is 9.53 Å². The van der Waals surface area contributed by atoms with E-state index in [2.05, 4.69) is 10.2 Å². The highest BCUT2D eigenvalue weighted by atomic mass is 35.5. The van der Waals surface area contributed by atoms with Crippen LogP contribution >= 0.6 is 11.6 Å². The lowest BCUT2D eigenvalue weighted by Gasteiger charge is -2.26. The SMILES string of the molecule is O=C(/C=C/c1cccc(Cl)c1)NCCN1CCOCC1. The third-order valence-corrected chi connectivity index (χ3v) is 3.34. The third-order valence-electron chi connectivity index (χ3n) is 3.11. The molecule has 0 spiro atoms. The summed E-state index contributed by atoms with van der Waals surface area (Å²) in [5.41, 5.74) is 0.917. The smallest absolute Gasteiger partial charge is 0.244 e. The minimum atomic E-state index is -0.0850. The zero-order chi connectivity index (χ0) is 14.2. The van der Waals surface area contributed by atoms with Crippen molar-refractivity contribution in [3.8, 4) is 0 Å². The monoisotopic (exact) mass is 294 g/mol. The summed E-state index contributed by atoms with van der Waals surface area (Å²) in [6.45, 7) is 4.95. The van der Waals surface area contributed by atoms with Gasteiger partial charge in [0.1, 0.15) is 0 Å². The number of nitrogens with zero attached hydrogens (tertiary/aromatic N) is 1. The highest BCUT2D eigenvalue weighted by Crippen LogP contribution is 2.11. The molecule has 1 aromatic carbocycles. The molecule has 1 aliphatic heterocycles. The lowest BCUT2D eigenvalue weighted by atomic mass is 10.2. The first-order valence-corrected chi connectivity index (χ1v) is 7.13. The molecule has 2 rings (SSSR count). The summed E-state index contributed by atoms with van der Waals surface area (Å²) < 4.78 is 5.27. The van der Waals surface area contributed by atoms with Gasteiger partial charge in [0.2, 0.25) is 5.91 Å². The average Bonchev–Trinajstić information content (AvgIpc) is 2.46. The van der Waals surface area contributed by atoms with Gasteiger partial charge in [-0.3, -0.25) is 9.69 Å². The second-order valence-corrected chi connectivity index (χ2v) is 5.07. The van der Waals surface area contributed by atoms with Gasteiger partial charge in [0.25, 0.3) is 0 Å². The predicted molar refractivity (Wildman–Crippen MR) is 80.8 cm³/mol. The van der Waals surface area contributed by atoms with Gasteiger partial charge >= 0.3 is 0 Å². The number of rotatable bonds is 5. The van der Waals surface area contributed by atoms with Gasteiger partial charge in [-0.2, -0.15) is 0 Å². The first kappa shape index (κ1) is 15.0. The van der Waals surface area contributed by atoms with Gasteiger partial charge in [0.05, 0.1) is 13.2 Å². The first-order chi connectivity index (χ1) is 9.74. The quantitative estimate of drug-likeness (QED) is 0.842. The van der Waals surface area contributed by atoms with Crippen molar-refractivity contribution in [2.24, 2.45) is 0 Å². The zero-order valence-corrected chi connectivity index (χ0v) is 12.1. The van der Waals surface area contributed by atoms with Crippen molar-refractivity contribution in [2.75, 3.05) is 39.4 Å². The Morgan fingerprint density at radius 2 is 2.20 bits per heavy atom. The third kappa shape index (κ3) is 5.33. The van der Waals surface area contributed by atoms with Gasteiger partial charge in [-0.15, -0.1) is 0 Å². The number of hydrogen-bond acceptors (Lipinski definition) is 3. The van der Waals surface area contributed by atoms with Crippen LogP contribution in [-0.4, -0.2) is 50.2 Å². The zero-order valence-electron chi connectivity index (χ0n) is 11.3. The maximum atomic E-state index is 11.7. The molecule has 0 aliphatic carbocycles. The molecule has 1 heterocycles. The number of morpholine rings is 1. The molecule has 20 heavy (non-hydrogen) atoms. The number of carbonyl (C=O) groups excluding carboxylic acids is 1. The van der Waals surface area contributed by atoms with Crippen molar-refractivity contribution < 1.29 is 9.53 Å². The van der Waals surface area contributed by atoms with E-state index in [1.807, 2.05) is 18.2 Å². The fourth-order valence-electron chi connectivity index (χ4n) is 2.00. The standard InChI is InChI=1S/C15H19ClN2O2/c16-14-3-1-2-13(12-14)4-5-15(19)17-6-7-18-8-10-20-11-9-18/h1-5,12H,6-11H2,(H,17,19)/b5-4+. The number of carbonyl (C=O) groups is 1. The predicted octanol–water partition coefficient (Wildman–Crippen LogP) is 1.80.